The third-order valence-corrected chi connectivity index (χ3v) is 6.87. The number of hydrogen-bond donors (Lipinski definition) is 1. The minimum atomic E-state index is -0.191. The summed E-state index contributed by atoms with van der Waals surface area (Å²) in [5.74, 6) is -0.130. The van der Waals surface area contributed by atoms with Gasteiger partial charge in [-0.15, -0.1) is 12.4 Å². The number of nitrogens with one attached hydrogen (secondary N) is 1. The number of aryl methyl sites for hydroxylation is 2. The highest BCUT2D eigenvalue weighted by Crippen LogP contribution is 2.34. The van der Waals surface area contributed by atoms with Crippen LogP contribution in [-0.2, 0) is 11.2 Å². The van der Waals surface area contributed by atoms with Crippen LogP contribution in [0.25, 0.3) is 0 Å². The first-order chi connectivity index (χ1) is 16.7. The fourth-order valence-corrected chi connectivity index (χ4v) is 5.16. The van der Waals surface area contributed by atoms with Crippen LogP contribution in [0, 0.1) is 31.5 Å². The maximum atomic E-state index is 14.2. The van der Waals surface area contributed by atoms with Gasteiger partial charge in [-0.25, -0.2) is 4.39 Å². The van der Waals surface area contributed by atoms with Crippen molar-refractivity contribution in [2.75, 3.05) is 38.6 Å². The molecule has 1 fully saturated rings. The van der Waals surface area contributed by atoms with Gasteiger partial charge < -0.3 is 15.1 Å². The standard InChI is InChI=1S/C29H40FN3O2.ClH/c1-20-16-25(28(34)31-13-9-6-10-14-32(4)5)17-21(2)27(20)33-19-23(15-22(3)29(33)35)18-24-11-7-8-12-26(24)30;/h7-8,11-12,16-17,22-23H,6,9-10,13-15,18-19H2,1-5H3,(H,31,34);1H/t22-,23-;/m1./s1. The molecule has 198 valence electrons. The summed E-state index contributed by atoms with van der Waals surface area (Å²) < 4.78 is 14.2. The van der Waals surface area contributed by atoms with E-state index in [-0.39, 0.29) is 41.9 Å². The molecular weight excluding hydrogens is 477 g/mol. The molecule has 1 saturated heterocycles. The lowest BCUT2D eigenvalue weighted by atomic mass is 9.84. The predicted octanol–water partition coefficient (Wildman–Crippen LogP) is 5.56. The van der Waals surface area contributed by atoms with Gasteiger partial charge in [0.2, 0.25) is 5.91 Å². The molecule has 1 heterocycles. The van der Waals surface area contributed by atoms with Gasteiger partial charge in [-0.2, -0.15) is 0 Å². The van der Waals surface area contributed by atoms with E-state index in [1.807, 2.05) is 49.9 Å². The van der Waals surface area contributed by atoms with E-state index in [1.54, 1.807) is 6.07 Å². The summed E-state index contributed by atoms with van der Waals surface area (Å²) in [5.41, 5.74) is 4.01. The highest BCUT2D eigenvalue weighted by molar-refractivity contribution is 5.99. The number of anilines is 1. The van der Waals surface area contributed by atoms with Gasteiger partial charge in [-0.1, -0.05) is 31.5 Å². The lowest BCUT2D eigenvalue weighted by molar-refractivity contribution is -0.124. The number of halogens is 2. The smallest absolute Gasteiger partial charge is 0.251 e. The lowest BCUT2D eigenvalue weighted by Gasteiger charge is -2.38. The van der Waals surface area contributed by atoms with Crippen LogP contribution in [-0.4, -0.2) is 50.4 Å². The molecule has 0 bridgehead atoms. The SMILES string of the molecule is Cc1cc(C(=O)NCCCCCN(C)C)cc(C)c1N1C[C@@H](Cc2ccccc2F)C[C@@H](C)C1=O.Cl. The molecule has 1 aliphatic rings. The molecule has 0 radical (unpaired) electrons. The summed E-state index contributed by atoms with van der Waals surface area (Å²) in [5, 5.41) is 3.03. The largest absolute Gasteiger partial charge is 0.352 e. The molecule has 1 N–H and O–H groups in total. The summed E-state index contributed by atoms with van der Waals surface area (Å²) >= 11 is 0. The van der Waals surface area contributed by atoms with Crippen LogP contribution < -0.4 is 10.2 Å². The molecule has 0 spiro atoms. The Balaban J connectivity index is 0.00000456. The molecular formula is C29H41ClFN3O2. The van der Waals surface area contributed by atoms with Gasteiger partial charge in [0.1, 0.15) is 5.82 Å². The molecule has 0 unspecified atom stereocenters. The zero-order valence-electron chi connectivity index (χ0n) is 22.3. The van der Waals surface area contributed by atoms with Gasteiger partial charge in [-0.3, -0.25) is 9.59 Å². The summed E-state index contributed by atoms with van der Waals surface area (Å²) in [6.45, 7) is 8.14. The Kier molecular flexibility index (Phi) is 11.4. The Morgan fingerprint density at radius 1 is 1.11 bits per heavy atom. The molecule has 2 aromatic rings. The van der Waals surface area contributed by atoms with Crippen LogP contribution in [0.4, 0.5) is 10.1 Å². The average molecular weight is 518 g/mol. The Morgan fingerprint density at radius 2 is 1.78 bits per heavy atom. The highest BCUT2D eigenvalue weighted by Gasteiger charge is 2.34. The summed E-state index contributed by atoms with van der Waals surface area (Å²) in [4.78, 5) is 29.9. The minimum Gasteiger partial charge on any atom is -0.352 e. The van der Waals surface area contributed by atoms with Crippen molar-refractivity contribution in [3.8, 4) is 0 Å². The van der Waals surface area contributed by atoms with Gasteiger partial charge >= 0.3 is 0 Å². The number of hydrogen-bond acceptors (Lipinski definition) is 3. The van der Waals surface area contributed by atoms with Crippen molar-refractivity contribution in [1.29, 1.82) is 0 Å². The van der Waals surface area contributed by atoms with Crippen molar-refractivity contribution >= 4 is 29.9 Å². The van der Waals surface area contributed by atoms with Crippen LogP contribution in [0.5, 0.6) is 0 Å². The molecule has 0 aliphatic carbocycles. The molecule has 36 heavy (non-hydrogen) atoms. The summed E-state index contributed by atoms with van der Waals surface area (Å²) in [6.07, 6.45) is 4.51. The molecule has 0 aromatic heterocycles. The first-order valence-electron chi connectivity index (χ1n) is 12.8. The monoisotopic (exact) mass is 517 g/mol. The van der Waals surface area contributed by atoms with E-state index in [2.05, 4.69) is 24.3 Å². The Morgan fingerprint density at radius 3 is 2.42 bits per heavy atom. The van der Waals surface area contributed by atoms with Gasteiger partial charge in [0.15, 0.2) is 0 Å². The topological polar surface area (TPSA) is 52.7 Å². The highest BCUT2D eigenvalue weighted by atomic mass is 35.5. The zero-order valence-corrected chi connectivity index (χ0v) is 23.1. The van der Waals surface area contributed by atoms with Crippen LogP contribution in [0.15, 0.2) is 36.4 Å². The average Bonchev–Trinajstić information content (AvgIpc) is 2.79. The fraction of sp³-hybridized carbons (Fsp3) is 0.517. The van der Waals surface area contributed by atoms with E-state index in [0.717, 1.165) is 49.0 Å². The summed E-state index contributed by atoms with van der Waals surface area (Å²) in [6, 6.07) is 10.6. The number of carbonyl (C=O) groups excluding carboxylic acids is 2. The van der Waals surface area contributed by atoms with Crippen molar-refractivity contribution in [3.63, 3.8) is 0 Å². The second-order valence-electron chi connectivity index (χ2n) is 10.3. The van der Waals surface area contributed by atoms with Crippen molar-refractivity contribution in [1.82, 2.24) is 10.2 Å². The third-order valence-electron chi connectivity index (χ3n) is 6.87. The molecule has 5 nitrogen and oxygen atoms in total. The van der Waals surface area contributed by atoms with E-state index in [4.69, 9.17) is 0 Å². The number of unbranched alkanes of at least 4 members (excludes halogenated alkanes) is 2. The van der Waals surface area contributed by atoms with Crippen molar-refractivity contribution in [3.05, 3.63) is 64.5 Å². The molecule has 1 aliphatic heterocycles. The maximum Gasteiger partial charge on any atom is 0.251 e. The maximum absolute atomic E-state index is 14.2. The Labute approximate surface area is 221 Å². The quantitative estimate of drug-likeness (QED) is 0.420. The van der Waals surface area contributed by atoms with E-state index in [0.29, 0.717) is 30.6 Å². The second-order valence-corrected chi connectivity index (χ2v) is 10.3. The van der Waals surface area contributed by atoms with Crippen LogP contribution in [0.1, 0.15) is 59.7 Å². The van der Waals surface area contributed by atoms with Crippen LogP contribution >= 0.6 is 12.4 Å². The fourth-order valence-electron chi connectivity index (χ4n) is 5.16. The molecule has 2 amide bonds. The van der Waals surface area contributed by atoms with Crippen molar-refractivity contribution in [2.45, 2.75) is 52.9 Å². The van der Waals surface area contributed by atoms with Gasteiger partial charge in [0.05, 0.1) is 0 Å². The normalized spacial score (nSPS) is 17.8. The predicted molar refractivity (Wildman–Crippen MR) is 148 cm³/mol. The third kappa shape index (κ3) is 7.78. The molecule has 3 rings (SSSR count). The number of carbonyl (C=O) groups is 2. The van der Waals surface area contributed by atoms with Crippen LogP contribution in [0.2, 0.25) is 0 Å². The van der Waals surface area contributed by atoms with Gasteiger partial charge in [-0.05, 0) is 101 Å². The minimum absolute atomic E-state index is 0. The number of amides is 2. The van der Waals surface area contributed by atoms with E-state index in [1.165, 1.54) is 6.07 Å². The van der Waals surface area contributed by atoms with E-state index in [9.17, 15) is 14.0 Å². The number of piperidine rings is 1. The first-order valence-corrected chi connectivity index (χ1v) is 12.8. The Hall–Kier alpha value is -2.44. The van der Waals surface area contributed by atoms with Gasteiger partial charge in [0.25, 0.3) is 5.91 Å². The van der Waals surface area contributed by atoms with Gasteiger partial charge in [0, 0.05) is 30.3 Å². The molecule has 2 atom stereocenters. The van der Waals surface area contributed by atoms with Crippen molar-refractivity contribution < 1.29 is 14.0 Å². The van der Waals surface area contributed by atoms with Crippen molar-refractivity contribution in [2.24, 2.45) is 11.8 Å². The first kappa shape index (κ1) is 29.8. The second kappa shape index (κ2) is 13.8. The molecule has 0 saturated carbocycles. The molecule has 2 aromatic carbocycles. The number of rotatable bonds is 10. The van der Waals surface area contributed by atoms with E-state index >= 15 is 0 Å². The number of nitrogens with zero attached hydrogens (tertiary/aromatic N) is 2. The molecule has 7 heteroatoms. The zero-order chi connectivity index (χ0) is 25.5. The lowest BCUT2D eigenvalue weighted by Crippen LogP contribution is -2.46. The van der Waals surface area contributed by atoms with Crippen LogP contribution in [0.3, 0.4) is 0 Å². The Bertz CT molecular complexity index is 1020. The van der Waals surface area contributed by atoms with E-state index < -0.39 is 0 Å². The summed E-state index contributed by atoms with van der Waals surface area (Å²) in [7, 11) is 4.13. The number of benzene rings is 2.